The summed E-state index contributed by atoms with van der Waals surface area (Å²) in [5.41, 5.74) is 1.89. The molecule has 1 N–H and O–H groups in total. The van der Waals surface area contributed by atoms with Crippen LogP contribution in [0.25, 0.3) is 0 Å². The molecule has 0 fully saturated rings. The molecular formula is C29H34ClN3O5S. The van der Waals surface area contributed by atoms with Gasteiger partial charge in [0.25, 0.3) is 0 Å². The lowest BCUT2D eigenvalue weighted by Gasteiger charge is -2.34. The van der Waals surface area contributed by atoms with Gasteiger partial charge >= 0.3 is 0 Å². The van der Waals surface area contributed by atoms with Crippen molar-refractivity contribution < 1.29 is 22.7 Å². The molecule has 3 rings (SSSR count). The fraction of sp³-hybridized carbons (Fsp3) is 0.310. The van der Waals surface area contributed by atoms with Gasteiger partial charge in [-0.15, -0.1) is 0 Å². The Hall–Kier alpha value is -3.56. The Morgan fingerprint density at radius 2 is 1.54 bits per heavy atom. The fourth-order valence-corrected chi connectivity index (χ4v) is 5.23. The van der Waals surface area contributed by atoms with Gasteiger partial charge in [-0.05, 0) is 43.2 Å². The van der Waals surface area contributed by atoms with Gasteiger partial charge in [0.2, 0.25) is 21.8 Å². The predicted octanol–water partition coefficient (Wildman–Crippen LogP) is 4.28. The zero-order valence-electron chi connectivity index (χ0n) is 22.5. The summed E-state index contributed by atoms with van der Waals surface area (Å²) in [6, 6.07) is 22.1. The van der Waals surface area contributed by atoms with Crippen molar-refractivity contribution in [3.8, 4) is 5.75 Å². The van der Waals surface area contributed by atoms with Crippen molar-refractivity contribution in [1.29, 1.82) is 0 Å². The van der Waals surface area contributed by atoms with Crippen molar-refractivity contribution in [1.82, 2.24) is 10.2 Å². The number of carbonyl (C=O) groups is 2. The van der Waals surface area contributed by atoms with Crippen LogP contribution in [-0.4, -0.2) is 57.1 Å². The van der Waals surface area contributed by atoms with E-state index in [1.165, 1.54) is 30.2 Å². The first-order valence-corrected chi connectivity index (χ1v) is 14.7. The Kier molecular flexibility index (Phi) is 10.4. The van der Waals surface area contributed by atoms with E-state index < -0.39 is 28.5 Å². The van der Waals surface area contributed by atoms with Crippen molar-refractivity contribution in [3.05, 3.63) is 95.0 Å². The first kappa shape index (κ1) is 30.0. The molecule has 0 saturated heterocycles. The summed E-state index contributed by atoms with van der Waals surface area (Å²) in [5, 5.41) is 3.13. The Labute approximate surface area is 235 Å². The highest BCUT2D eigenvalue weighted by molar-refractivity contribution is 7.92. The Morgan fingerprint density at radius 3 is 2.05 bits per heavy atom. The fourth-order valence-electron chi connectivity index (χ4n) is 4.14. The van der Waals surface area contributed by atoms with Crippen LogP contribution < -0.4 is 14.4 Å². The molecule has 0 unspecified atom stereocenters. The minimum Gasteiger partial charge on any atom is -0.495 e. The number of rotatable bonds is 12. The minimum absolute atomic E-state index is 0.115. The molecule has 0 aromatic heterocycles. The average Bonchev–Trinajstić information content (AvgIpc) is 2.89. The highest BCUT2D eigenvalue weighted by atomic mass is 35.5. The quantitative estimate of drug-likeness (QED) is 0.350. The molecular weight excluding hydrogens is 538 g/mol. The van der Waals surface area contributed by atoms with Crippen LogP contribution >= 0.6 is 11.6 Å². The van der Waals surface area contributed by atoms with Crippen LogP contribution in [0.1, 0.15) is 25.0 Å². The summed E-state index contributed by atoms with van der Waals surface area (Å²) in [6.45, 7) is 3.29. The monoisotopic (exact) mass is 571 g/mol. The topological polar surface area (TPSA) is 96.0 Å². The van der Waals surface area contributed by atoms with Crippen molar-refractivity contribution in [3.63, 3.8) is 0 Å². The summed E-state index contributed by atoms with van der Waals surface area (Å²) >= 11 is 6.27. The maximum absolute atomic E-state index is 14.0. The molecule has 8 nitrogen and oxygen atoms in total. The van der Waals surface area contributed by atoms with Gasteiger partial charge in [0.05, 0.1) is 24.1 Å². The number of sulfonamides is 1. The third kappa shape index (κ3) is 8.46. The SMILES string of the molecule is COc1ccc(N(CC(=O)N(Cc2ccccc2)[C@H](Cc2ccccc2)C(=O)NC(C)C)S(C)(=O)=O)cc1Cl. The molecule has 208 valence electrons. The number of benzene rings is 3. The predicted molar refractivity (Wildman–Crippen MR) is 154 cm³/mol. The molecule has 0 spiro atoms. The van der Waals surface area contributed by atoms with Crippen LogP contribution in [0.5, 0.6) is 5.75 Å². The van der Waals surface area contributed by atoms with Crippen LogP contribution in [0.15, 0.2) is 78.9 Å². The molecule has 39 heavy (non-hydrogen) atoms. The molecule has 2 amide bonds. The van der Waals surface area contributed by atoms with Gasteiger partial charge in [-0.3, -0.25) is 13.9 Å². The lowest BCUT2D eigenvalue weighted by atomic mass is 10.0. The van der Waals surface area contributed by atoms with Crippen LogP contribution in [0.2, 0.25) is 5.02 Å². The van der Waals surface area contributed by atoms with Crippen LogP contribution in [0.4, 0.5) is 5.69 Å². The summed E-state index contributed by atoms with van der Waals surface area (Å²) in [5.74, 6) is -0.480. The molecule has 3 aromatic rings. The number of carbonyl (C=O) groups excluding carboxylic acids is 2. The summed E-state index contributed by atoms with van der Waals surface area (Å²) in [7, 11) is -2.44. The van der Waals surface area contributed by atoms with Crippen molar-refractivity contribution >= 4 is 39.1 Å². The van der Waals surface area contributed by atoms with Crippen molar-refractivity contribution in [2.45, 2.75) is 38.9 Å². The van der Waals surface area contributed by atoms with Gasteiger partial charge < -0.3 is 15.0 Å². The smallest absolute Gasteiger partial charge is 0.244 e. The first-order chi connectivity index (χ1) is 18.5. The maximum Gasteiger partial charge on any atom is 0.244 e. The van der Waals surface area contributed by atoms with E-state index in [-0.39, 0.29) is 35.6 Å². The molecule has 0 aliphatic carbocycles. The molecule has 0 saturated carbocycles. The zero-order chi connectivity index (χ0) is 28.6. The zero-order valence-corrected chi connectivity index (χ0v) is 24.1. The lowest BCUT2D eigenvalue weighted by molar-refractivity contribution is -0.140. The summed E-state index contributed by atoms with van der Waals surface area (Å²) in [6.07, 6.45) is 1.28. The van der Waals surface area contributed by atoms with Crippen LogP contribution in [-0.2, 0) is 32.6 Å². The van der Waals surface area contributed by atoms with Crippen LogP contribution in [0, 0.1) is 0 Å². The average molecular weight is 572 g/mol. The molecule has 0 heterocycles. The number of hydrogen-bond donors (Lipinski definition) is 1. The summed E-state index contributed by atoms with van der Waals surface area (Å²) < 4.78 is 31.9. The molecule has 0 bridgehead atoms. The van der Waals surface area contributed by atoms with Gasteiger partial charge in [-0.25, -0.2) is 8.42 Å². The Bertz CT molecular complexity index is 1370. The van der Waals surface area contributed by atoms with E-state index in [0.29, 0.717) is 5.75 Å². The molecule has 0 radical (unpaired) electrons. The molecule has 1 atom stereocenters. The second kappa shape index (κ2) is 13.5. The number of halogens is 1. The molecule has 3 aromatic carbocycles. The van der Waals surface area contributed by atoms with E-state index in [1.54, 1.807) is 0 Å². The Morgan fingerprint density at radius 1 is 0.949 bits per heavy atom. The lowest BCUT2D eigenvalue weighted by Crippen LogP contribution is -2.54. The minimum atomic E-state index is -3.89. The number of methoxy groups -OCH3 is 1. The highest BCUT2D eigenvalue weighted by Gasteiger charge is 2.33. The number of anilines is 1. The van der Waals surface area contributed by atoms with Gasteiger partial charge in [0, 0.05) is 19.0 Å². The molecule has 10 heteroatoms. The van der Waals surface area contributed by atoms with E-state index in [4.69, 9.17) is 16.3 Å². The van der Waals surface area contributed by atoms with Crippen molar-refractivity contribution in [2.75, 3.05) is 24.2 Å². The van der Waals surface area contributed by atoms with E-state index in [0.717, 1.165) is 21.7 Å². The largest absolute Gasteiger partial charge is 0.495 e. The third-order valence-electron chi connectivity index (χ3n) is 6.00. The van der Waals surface area contributed by atoms with Gasteiger partial charge in [0.15, 0.2) is 0 Å². The number of amides is 2. The highest BCUT2D eigenvalue weighted by Crippen LogP contribution is 2.30. The normalized spacial score (nSPS) is 12.1. The maximum atomic E-state index is 14.0. The molecule has 0 aliphatic rings. The van der Waals surface area contributed by atoms with E-state index in [2.05, 4.69) is 5.32 Å². The standard InChI is InChI=1S/C29H34ClN3O5S/c1-21(2)31-29(35)26(17-22-11-7-5-8-12-22)32(19-23-13-9-6-10-14-23)28(34)20-33(39(4,36)37)24-15-16-27(38-3)25(30)18-24/h5-16,18,21,26H,17,19-20H2,1-4H3,(H,31,35)/t26-/m1/s1. The van der Waals surface area contributed by atoms with Gasteiger partial charge in [-0.2, -0.15) is 0 Å². The number of nitrogens with zero attached hydrogens (tertiary/aromatic N) is 2. The third-order valence-corrected chi connectivity index (χ3v) is 7.44. The van der Waals surface area contributed by atoms with E-state index in [1.807, 2.05) is 74.5 Å². The number of ether oxygens (including phenoxy) is 1. The molecule has 0 aliphatic heterocycles. The van der Waals surface area contributed by atoms with Gasteiger partial charge in [-0.1, -0.05) is 72.3 Å². The Balaban J connectivity index is 2.04. The van der Waals surface area contributed by atoms with E-state index in [9.17, 15) is 18.0 Å². The summed E-state index contributed by atoms with van der Waals surface area (Å²) in [4.78, 5) is 28.9. The van der Waals surface area contributed by atoms with E-state index >= 15 is 0 Å². The second-order valence-electron chi connectivity index (χ2n) is 9.46. The second-order valence-corrected chi connectivity index (χ2v) is 11.8. The number of hydrogen-bond acceptors (Lipinski definition) is 5. The van der Waals surface area contributed by atoms with Crippen LogP contribution in [0.3, 0.4) is 0 Å². The van der Waals surface area contributed by atoms with Crippen molar-refractivity contribution in [2.24, 2.45) is 0 Å². The number of nitrogens with one attached hydrogen (secondary N) is 1. The van der Waals surface area contributed by atoms with Gasteiger partial charge in [0.1, 0.15) is 18.3 Å². The first-order valence-electron chi connectivity index (χ1n) is 12.5.